The molecule has 3 nitrogen and oxygen atoms in total. The van der Waals surface area contributed by atoms with Crippen LogP contribution in [0.2, 0.25) is 0 Å². The molecular formula is C13H19BO3S. The molecule has 1 aliphatic heterocycles. The van der Waals surface area contributed by atoms with Crippen molar-refractivity contribution in [1.82, 2.24) is 0 Å². The molecule has 1 aliphatic rings. The quantitative estimate of drug-likeness (QED) is 0.659. The number of thioether (sulfide) groups is 1. The monoisotopic (exact) mass is 266 g/mol. The van der Waals surface area contributed by atoms with Gasteiger partial charge in [-0.1, -0.05) is 6.07 Å². The third-order valence-electron chi connectivity index (χ3n) is 3.75. The molecule has 0 amide bonds. The molecule has 5 heteroatoms. The fourth-order valence-corrected chi connectivity index (χ4v) is 2.54. The van der Waals surface area contributed by atoms with Crippen molar-refractivity contribution in [1.29, 1.82) is 0 Å². The summed E-state index contributed by atoms with van der Waals surface area (Å²) in [5.74, 6) is 0.223. The Kier molecular flexibility index (Phi) is 3.43. The highest BCUT2D eigenvalue weighted by molar-refractivity contribution is 7.98. The van der Waals surface area contributed by atoms with E-state index in [0.29, 0.717) is 0 Å². The first-order chi connectivity index (χ1) is 8.28. The first-order valence-electron chi connectivity index (χ1n) is 6.00. The maximum Gasteiger partial charge on any atom is 0.499 e. The fraction of sp³-hybridized carbons (Fsp3) is 0.538. The van der Waals surface area contributed by atoms with E-state index in [9.17, 15) is 5.11 Å². The van der Waals surface area contributed by atoms with E-state index in [1.807, 2.05) is 46.1 Å². The van der Waals surface area contributed by atoms with Crippen LogP contribution in [-0.2, 0) is 9.31 Å². The van der Waals surface area contributed by atoms with Crippen LogP contribution in [0, 0.1) is 0 Å². The molecule has 0 spiro atoms. The standard InChI is InChI=1S/C13H19BO3S/c1-12(2)13(3,4)17-14(16-12)11-9(15)7-6-8-10(11)18-5/h6-8,15H,1-5H3. The van der Waals surface area contributed by atoms with Crippen molar-refractivity contribution < 1.29 is 14.4 Å². The molecule has 1 N–H and O–H groups in total. The summed E-state index contributed by atoms with van der Waals surface area (Å²) in [5, 5.41) is 10.0. The van der Waals surface area contributed by atoms with E-state index in [0.717, 1.165) is 10.4 Å². The van der Waals surface area contributed by atoms with Crippen LogP contribution >= 0.6 is 11.8 Å². The summed E-state index contributed by atoms with van der Waals surface area (Å²) in [5.41, 5.74) is -0.0609. The summed E-state index contributed by atoms with van der Waals surface area (Å²) >= 11 is 1.58. The third-order valence-corrected chi connectivity index (χ3v) is 4.55. The molecule has 1 aromatic rings. The summed E-state index contributed by atoms with van der Waals surface area (Å²) < 4.78 is 12.0. The Morgan fingerprint density at radius 2 is 1.67 bits per heavy atom. The summed E-state index contributed by atoms with van der Waals surface area (Å²) in [6.07, 6.45) is 1.98. The third kappa shape index (κ3) is 2.15. The minimum Gasteiger partial charge on any atom is -0.508 e. The van der Waals surface area contributed by atoms with Crippen LogP contribution in [0.3, 0.4) is 0 Å². The molecule has 1 aromatic carbocycles. The summed E-state index contributed by atoms with van der Waals surface area (Å²) in [6.45, 7) is 8.02. The van der Waals surface area contributed by atoms with E-state index >= 15 is 0 Å². The lowest BCUT2D eigenvalue weighted by molar-refractivity contribution is 0.00578. The zero-order valence-corrected chi connectivity index (χ0v) is 12.3. The topological polar surface area (TPSA) is 38.7 Å². The van der Waals surface area contributed by atoms with Gasteiger partial charge in [0.1, 0.15) is 5.75 Å². The van der Waals surface area contributed by atoms with Gasteiger partial charge in [-0.15, -0.1) is 11.8 Å². The van der Waals surface area contributed by atoms with Crippen LogP contribution in [-0.4, -0.2) is 29.7 Å². The normalized spacial score (nSPS) is 21.3. The molecule has 0 unspecified atom stereocenters. The van der Waals surface area contributed by atoms with Gasteiger partial charge in [-0.3, -0.25) is 0 Å². The highest BCUT2D eigenvalue weighted by Crippen LogP contribution is 2.38. The van der Waals surface area contributed by atoms with Gasteiger partial charge in [-0.25, -0.2) is 0 Å². The Labute approximate surface area is 113 Å². The van der Waals surface area contributed by atoms with Crippen LogP contribution in [0.4, 0.5) is 0 Å². The van der Waals surface area contributed by atoms with Crippen LogP contribution in [0.15, 0.2) is 23.1 Å². The van der Waals surface area contributed by atoms with Crippen LogP contribution in [0.1, 0.15) is 27.7 Å². The minimum atomic E-state index is -0.515. The van der Waals surface area contributed by atoms with Gasteiger partial charge in [0.15, 0.2) is 0 Å². The van der Waals surface area contributed by atoms with Crippen LogP contribution < -0.4 is 5.46 Å². The van der Waals surface area contributed by atoms with Gasteiger partial charge in [-0.05, 0) is 46.1 Å². The average Bonchev–Trinajstić information content (AvgIpc) is 2.47. The Morgan fingerprint density at radius 3 is 2.17 bits per heavy atom. The second kappa shape index (κ2) is 4.47. The van der Waals surface area contributed by atoms with Gasteiger partial charge in [0.25, 0.3) is 0 Å². The lowest BCUT2D eigenvalue weighted by Gasteiger charge is -2.32. The van der Waals surface area contributed by atoms with E-state index in [2.05, 4.69) is 0 Å². The van der Waals surface area contributed by atoms with Crippen molar-refractivity contribution in [2.24, 2.45) is 0 Å². The van der Waals surface area contributed by atoms with Gasteiger partial charge >= 0.3 is 7.12 Å². The summed E-state index contributed by atoms with van der Waals surface area (Å²) in [4.78, 5) is 0.980. The average molecular weight is 266 g/mol. The zero-order chi connectivity index (χ0) is 13.6. The van der Waals surface area contributed by atoms with E-state index < -0.39 is 18.3 Å². The summed E-state index contributed by atoms with van der Waals surface area (Å²) in [6, 6.07) is 5.46. The predicted octanol–water partition coefficient (Wildman–Crippen LogP) is 2.41. The van der Waals surface area contributed by atoms with Crippen molar-refractivity contribution >= 4 is 24.3 Å². The molecule has 1 heterocycles. The highest BCUT2D eigenvalue weighted by Gasteiger charge is 2.52. The number of hydrogen-bond donors (Lipinski definition) is 1. The highest BCUT2D eigenvalue weighted by atomic mass is 32.2. The molecule has 0 radical (unpaired) electrons. The first kappa shape index (κ1) is 13.8. The second-order valence-electron chi connectivity index (χ2n) is 5.48. The molecule has 0 bridgehead atoms. The maximum atomic E-state index is 10.0. The Hall–Kier alpha value is -0.645. The van der Waals surface area contributed by atoms with Crippen LogP contribution in [0.5, 0.6) is 5.75 Å². The Bertz CT molecular complexity index is 444. The van der Waals surface area contributed by atoms with Gasteiger partial charge < -0.3 is 14.4 Å². The van der Waals surface area contributed by atoms with Crippen molar-refractivity contribution in [3.05, 3.63) is 18.2 Å². The molecule has 2 rings (SSSR count). The number of phenolic OH excluding ortho intramolecular Hbond substituents is 1. The van der Waals surface area contributed by atoms with Crippen molar-refractivity contribution in [3.63, 3.8) is 0 Å². The van der Waals surface area contributed by atoms with Gasteiger partial charge in [0, 0.05) is 10.4 Å². The molecule has 1 fully saturated rings. The number of phenols is 1. The van der Waals surface area contributed by atoms with E-state index in [-0.39, 0.29) is 5.75 Å². The number of hydrogen-bond acceptors (Lipinski definition) is 4. The molecule has 0 saturated carbocycles. The van der Waals surface area contributed by atoms with E-state index in [4.69, 9.17) is 9.31 Å². The second-order valence-corrected chi connectivity index (χ2v) is 6.33. The maximum absolute atomic E-state index is 10.0. The predicted molar refractivity (Wildman–Crippen MR) is 75.6 cm³/mol. The lowest BCUT2D eigenvalue weighted by Crippen LogP contribution is -2.41. The molecule has 0 atom stereocenters. The largest absolute Gasteiger partial charge is 0.508 e. The smallest absolute Gasteiger partial charge is 0.499 e. The molecular weight excluding hydrogens is 247 g/mol. The fourth-order valence-electron chi connectivity index (χ4n) is 1.91. The van der Waals surface area contributed by atoms with Gasteiger partial charge in [0.05, 0.1) is 11.2 Å². The van der Waals surface area contributed by atoms with Crippen molar-refractivity contribution in [2.45, 2.75) is 43.8 Å². The Balaban J connectivity index is 2.41. The van der Waals surface area contributed by atoms with Gasteiger partial charge in [-0.2, -0.15) is 0 Å². The SMILES string of the molecule is CSc1cccc(O)c1B1OC(C)(C)C(C)(C)O1. The van der Waals surface area contributed by atoms with E-state index in [1.165, 1.54) is 0 Å². The molecule has 0 aliphatic carbocycles. The number of benzene rings is 1. The minimum absolute atomic E-state index is 0.223. The number of rotatable bonds is 2. The molecule has 98 valence electrons. The molecule has 18 heavy (non-hydrogen) atoms. The van der Waals surface area contributed by atoms with Crippen LogP contribution in [0.25, 0.3) is 0 Å². The Morgan fingerprint density at radius 1 is 1.11 bits per heavy atom. The van der Waals surface area contributed by atoms with Crippen molar-refractivity contribution in [3.8, 4) is 5.75 Å². The first-order valence-corrected chi connectivity index (χ1v) is 7.22. The summed E-state index contributed by atoms with van der Waals surface area (Å²) in [7, 11) is -0.515. The zero-order valence-electron chi connectivity index (χ0n) is 11.5. The molecule has 0 aromatic heterocycles. The lowest BCUT2D eigenvalue weighted by atomic mass is 9.78. The number of aromatic hydroxyl groups is 1. The van der Waals surface area contributed by atoms with E-state index in [1.54, 1.807) is 17.8 Å². The van der Waals surface area contributed by atoms with Gasteiger partial charge in [0.2, 0.25) is 0 Å². The van der Waals surface area contributed by atoms with Crippen molar-refractivity contribution in [2.75, 3.05) is 6.26 Å². The molecule has 1 saturated heterocycles.